The number of nitrogens with two attached hydrogens (primary N) is 3. The quantitative estimate of drug-likeness (QED) is 0.220. The molecule has 0 bridgehead atoms. The molecule has 36 valence electrons. The minimum atomic E-state index is -1.27. The van der Waals surface area contributed by atoms with Crippen LogP contribution in [0.25, 0.3) is 0 Å². The van der Waals surface area contributed by atoms with Crippen LogP contribution in [-0.2, 0) is 0 Å². The lowest BCUT2D eigenvalue weighted by molar-refractivity contribution is 1.24. The van der Waals surface area contributed by atoms with Crippen molar-refractivity contribution < 1.29 is 0 Å². The van der Waals surface area contributed by atoms with Crippen LogP contribution < -0.4 is 17.2 Å². The summed E-state index contributed by atoms with van der Waals surface area (Å²) in [6.45, 7) is 0. The van der Waals surface area contributed by atoms with Gasteiger partial charge in [0.2, 0.25) is 0 Å². The highest BCUT2D eigenvalue weighted by atomic mass is 31.1. The van der Waals surface area contributed by atoms with Crippen LogP contribution in [0.15, 0.2) is 9.71 Å². The highest BCUT2D eigenvalue weighted by molar-refractivity contribution is 7.33. The van der Waals surface area contributed by atoms with E-state index < -0.39 is 7.66 Å². The van der Waals surface area contributed by atoms with E-state index in [0.29, 0.717) is 0 Å². The Kier molecular flexibility index (Phi) is 2.88. The minimum absolute atomic E-state index is 1.27. The molecule has 0 aliphatic rings. The molecule has 0 saturated carbocycles. The molecule has 5 nitrogen and oxygen atoms in total. The number of rotatable bonds is 0. The van der Waals surface area contributed by atoms with Gasteiger partial charge in [-0.15, -0.1) is 0 Å². The number of hydrogen-bond acceptors (Lipinski definition) is 2. The average Bonchev–Trinajstić information content (AvgIpc) is 1.65. The monoisotopic (exact) mass is 107 g/mol. The summed E-state index contributed by atoms with van der Waals surface area (Å²) in [5, 5.41) is 0. The second kappa shape index (κ2) is 2.99. The molecule has 0 rings (SSSR count). The predicted molar refractivity (Wildman–Crippen MR) is 24.3 cm³/mol. The molecule has 6 heteroatoms. The predicted octanol–water partition coefficient (Wildman–Crippen LogP) is -0.543. The van der Waals surface area contributed by atoms with Crippen LogP contribution in [0.1, 0.15) is 0 Å². The van der Waals surface area contributed by atoms with Gasteiger partial charge in [0.1, 0.15) is 0 Å². The summed E-state index contributed by atoms with van der Waals surface area (Å²) in [4.78, 5) is 6.12. The van der Waals surface area contributed by atoms with E-state index in [1.54, 1.807) is 0 Å². The van der Waals surface area contributed by atoms with Gasteiger partial charge in [-0.25, -0.2) is 11.7 Å². The van der Waals surface area contributed by atoms with Crippen LogP contribution in [0.5, 0.6) is 0 Å². The van der Waals surface area contributed by atoms with Crippen molar-refractivity contribution in [1.82, 2.24) is 0 Å². The lowest BCUT2D eigenvalue weighted by Gasteiger charge is -1.69. The van der Waals surface area contributed by atoms with Crippen molar-refractivity contribution in [1.29, 1.82) is 0 Å². The summed E-state index contributed by atoms with van der Waals surface area (Å²) in [7, 11) is -1.27. The van der Waals surface area contributed by atoms with E-state index in [1.807, 2.05) is 0 Å². The molecule has 0 aliphatic carbocycles. The molecule has 0 saturated heterocycles. The van der Waals surface area contributed by atoms with Gasteiger partial charge in [0.05, 0.1) is 0 Å². The molecule has 6 heavy (non-hydrogen) atoms. The first-order chi connectivity index (χ1) is 2.81. The van der Waals surface area contributed by atoms with Crippen LogP contribution in [0.3, 0.4) is 0 Å². The van der Waals surface area contributed by atoms with Crippen LogP contribution in [-0.4, -0.2) is 0 Å². The van der Waals surface area contributed by atoms with Gasteiger partial charge in [0.15, 0.2) is 7.66 Å². The Labute approximate surface area is 35.7 Å². The Bertz CT molecular complexity index is 84.5. The Balaban J connectivity index is 3.86. The molecule has 0 atom stereocenters. The first-order valence-corrected chi connectivity index (χ1v) is 2.49. The van der Waals surface area contributed by atoms with E-state index in [1.165, 1.54) is 0 Å². The van der Waals surface area contributed by atoms with Crippen molar-refractivity contribution in [2.45, 2.75) is 0 Å². The smallest absolute Gasteiger partial charge is 0.166 e. The third kappa shape index (κ3) is 2.04. The molecule has 0 amide bonds. The SMILES string of the molecule is N/N=P(\N)=N\N. The lowest BCUT2D eigenvalue weighted by atomic mass is 13.0. The summed E-state index contributed by atoms with van der Waals surface area (Å²) in [5.74, 6) is 9.28. The fraction of sp³-hybridized carbons (Fsp3) is 0. The van der Waals surface area contributed by atoms with Crippen molar-refractivity contribution in [3.8, 4) is 0 Å². The maximum absolute atomic E-state index is 4.95. The highest BCUT2D eigenvalue weighted by Crippen LogP contribution is 1.92. The molecule has 0 heterocycles. The first kappa shape index (κ1) is 5.78. The van der Waals surface area contributed by atoms with Crippen LogP contribution in [0.2, 0.25) is 0 Å². The lowest BCUT2D eigenvalue weighted by Crippen LogP contribution is -1.80. The molecule has 0 aliphatic heterocycles. The maximum Gasteiger partial charge on any atom is 0.166 e. The van der Waals surface area contributed by atoms with Gasteiger partial charge >= 0.3 is 0 Å². The van der Waals surface area contributed by atoms with Gasteiger partial charge < -0.3 is 0 Å². The molecule has 0 aromatic carbocycles. The first-order valence-electron chi connectivity index (χ1n) is 1.17. The largest absolute Gasteiger partial charge is 0.257 e. The second-order valence-electron chi connectivity index (χ2n) is 0.551. The summed E-state index contributed by atoms with van der Waals surface area (Å²) < 4.78 is 0. The van der Waals surface area contributed by atoms with Crippen molar-refractivity contribution in [2.24, 2.45) is 26.9 Å². The summed E-state index contributed by atoms with van der Waals surface area (Å²) in [6.07, 6.45) is 0. The van der Waals surface area contributed by atoms with Gasteiger partial charge in [0, 0.05) is 0 Å². The van der Waals surface area contributed by atoms with E-state index in [-0.39, 0.29) is 0 Å². The maximum atomic E-state index is 4.95. The molecule has 6 N–H and O–H groups in total. The molecule has 0 aromatic rings. The topological polar surface area (TPSA) is 103 Å². The van der Waals surface area contributed by atoms with Gasteiger partial charge in [-0.2, -0.15) is 9.71 Å². The summed E-state index contributed by atoms with van der Waals surface area (Å²) in [6, 6.07) is 0. The highest BCUT2D eigenvalue weighted by Gasteiger charge is 1.57. The summed E-state index contributed by atoms with van der Waals surface area (Å²) in [5.41, 5.74) is 4.95. The Morgan fingerprint density at radius 2 is 1.50 bits per heavy atom. The molecule has 0 spiro atoms. The molecular formula is H6N5P. The molecular weight excluding hydrogens is 101 g/mol. The normalized spacial score (nSPS) is 12.8. The van der Waals surface area contributed by atoms with E-state index >= 15 is 0 Å². The standard InChI is InChI=1S/H6N5P/c1-4-6(3)5-2/h1-2H2,(H2,3,4,5). The fourth-order valence-electron chi connectivity index (χ4n) is 0.0298. The zero-order valence-electron chi connectivity index (χ0n) is 3.07. The molecule has 0 radical (unpaired) electrons. The zero-order valence-corrected chi connectivity index (χ0v) is 3.97. The van der Waals surface area contributed by atoms with Gasteiger partial charge in [-0.1, -0.05) is 0 Å². The number of nitrogens with zero attached hydrogens (tertiary/aromatic N) is 2. The molecule has 0 fully saturated rings. The van der Waals surface area contributed by atoms with Gasteiger partial charge in [0.25, 0.3) is 0 Å². The van der Waals surface area contributed by atoms with E-state index in [4.69, 9.17) is 5.50 Å². The van der Waals surface area contributed by atoms with E-state index in [2.05, 4.69) is 21.4 Å². The second-order valence-corrected chi connectivity index (χ2v) is 1.65. The van der Waals surface area contributed by atoms with E-state index in [0.717, 1.165) is 0 Å². The zero-order chi connectivity index (χ0) is 4.99. The van der Waals surface area contributed by atoms with Crippen LogP contribution >= 0.6 is 7.66 Å². The average molecular weight is 107 g/mol. The van der Waals surface area contributed by atoms with Crippen molar-refractivity contribution in [3.63, 3.8) is 0 Å². The minimum Gasteiger partial charge on any atom is -0.257 e. The van der Waals surface area contributed by atoms with Crippen molar-refractivity contribution in [2.75, 3.05) is 0 Å². The Hall–Kier alpha value is -0.220. The van der Waals surface area contributed by atoms with Crippen LogP contribution in [0, 0.1) is 0 Å². The number of hydrogen-bond donors (Lipinski definition) is 3. The van der Waals surface area contributed by atoms with Gasteiger partial charge in [-0.3, -0.25) is 5.50 Å². The Morgan fingerprint density at radius 1 is 1.17 bits per heavy atom. The molecule has 0 unspecified atom stereocenters. The third-order valence-corrected chi connectivity index (χ3v) is 0.710. The van der Waals surface area contributed by atoms with Crippen molar-refractivity contribution in [3.05, 3.63) is 0 Å². The Morgan fingerprint density at radius 3 is 1.50 bits per heavy atom. The van der Waals surface area contributed by atoms with E-state index in [9.17, 15) is 0 Å². The van der Waals surface area contributed by atoms with Crippen molar-refractivity contribution >= 4 is 7.66 Å². The van der Waals surface area contributed by atoms with Gasteiger partial charge in [-0.05, 0) is 0 Å². The third-order valence-electron chi connectivity index (χ3n) is 0.237. The van der Waals surface area contributed by atoms with Crippen LogP contribution in [0.4, 0.5) is 0 Å². The summed E-state index contributed by atoms with van der Waals surface area (Å²) >= 11 is 0. The fourth-order valence-corrected chi connectivity index (χ4v) is 0.0894. The molecule has 0 aromatic heterocycles.